The van der Waals surface area contributed by atoms with Gasteiger partial charge in [0.25, 0.3) is 5.91 Å². The lowest BCUT2D eigenvalue weighted by molar-refractivity contribution is -0.114. The Morgan fingerprint density at radius 2 is 1.88 bits per heavy atom. The smallest absolute Gasteiger partial charge is 0.263 e. The molecule has 0 saturated carbocycles. The molecule has 2 heterocycles. The highest BCUT2D eigenvalue weighted by Crippen LogP contribution is 2.34. The molecule has 7 nitrogen and oxygen atoms in total. The molecular weight excluding hydrogens is 455 g/mol. The summed E-state index contributed by atoms with van der Waals surface area (Å²) < 4.78 is 19.5. The van der Waals surface area contributed by atoms with E-state index < -0.39 is 11.7 Å². The molecule has 2 N–H and O–H groups in total. The number of hydrogen-bond acceptors (Lipinski definition) is 6. The van der Waals surface area contributed by atoms with E-state index in [2.05, 4.69) is 20.8 Å². The molecule has 4 rings (SSSR count). The van der Waals surface area contributed by atoms with E-state index in [4.69, 9.17) is 16.1 Å². The number of carbonyl (C=O) groups is 2. The van der Waals surface area contributed by atoms with Gasteiger partial charge in [0.15, 0.2) is 5.13 Å². The van der Waals surface area contributed by atoms with Crippen LogP contribution in [0.5, 0.6) is 0 Å². The van der Waals surface area contributed by atoms with Gasteiger partial charge >= 0.3 is 0 Å². The number of carbonyl (C=O) groups excluding carboxylic acids is 2. The second kappa shape index (κ2) is 8.89. The number of nitrogens with zero attached hydrogens (tertiary/aromatic N) is 2. The summed E-state index contributed by atoms with van der Waals surface area (Å²) in [7, 11) is 0. The van der Waals surface area contributed by atoms with Crippen LogP contribution in [-0.2, 0) is 4.79 Å². The van der Waals surface area contributed by atoms with E-state index >= 15 is 0 Å². The summed E-state index contributed by atoms with van der Waals surface area (Å²) in [6, 6.07) is 11.4. The predicted octanol–water partition coefficient (Wildman–Crippen LogP) is 5.78. The number of amides is 2. The molecule has 0 fully saturated rings. The lowest BCUT2D eigenvalue weighted by atomic mass is 10.1. The van der Waals surface area contributed by atoms with Crippen molar-refractivity contribution in [2.24, 2.45) is 0 Å². The minimum atomic E-state index is -0.612. The zero-order chi connectivity index (χ0) is 22.8. The van der Waals surface area contributed by atoms with Crippen molar-refractivity contribution in [2.75, 3.05) is 10.6 Å². The van der Waals surface area contributed by atoms with Gasteiger partial charge in [-0.1, -0.05) is 35.0 Å². The molecule has 2 aromatic carbocycles. The summed E-state index contributed by atoms with van der Waals surface area (Å²) in [5.74, 6) is -1.09. The van der Waals surface area contributed by atoms with Gasteiger partial charge in [0.2, 0.25) is 5.91 Å². The van der Waals surface area contributed by atoms with Crippen molar-refractivity contribution in [3.63, 3.8) is 0 Å². The van der Waals surface area contributed by atoms with Crippen molar-refractivity contribution < 1.29 is 18.5 Å². The minimum absolute atomic E-state index is 0.00439. The van der Waals surface area contributed by atoms with Crippen molar-refractivity contribution in [3.8, 4) is 22.5 Å². The van der Waals surface area contributed by atoms with Gasteiger partial charge in [-0.3, -0.25) is 14.9 Å². The summed E-state index contributed by atoms with van der Waals surface area (Å²) in [5.41, 5.74) is 2.24. The molecule has 0 aliphatic carbocycles. The predicted molar refractivity (Wildman–Crippen MR) is 121 cm³/mol. The molecule has 2 aromatic heterocycles. The Hall–Kier alpha value is -3.56. The van der Waals surface area contributed by atoms with Crippen molar-refractivity contribution in [2.45, 2.75) is 13.8 Å². The number of benzene rings is 2. The van der Waals surface area contributed by atoms with Crippen LogP contribution in [0, 0.1) is 12.7 Å². The number of rotatable bonds is 5. The topological polar surface area (TPSA) is 97.1 Å². The molecule has 2 amide bonds. The second-order valence-electron chi connectivity index (χ2n) is 6.81. The number of nitrogens with one attached hydrogen (secondary N) is 2. The van der Waals surface area contributed by atoms with Gasteiger partial charge in [-0.15, -0.1) is 11.3 Å². The van der Waals surface area contributed by atoms with Crippen LogP contribution in [-0.4, -0.2) is 22.0 Å². The maximum Gasteiger partial charge on any atom is 0.263 e. The van der Waals surface area contributed by atoms with E-state index in [1.54, 1.807) is 24.4 Å². The van der Waals surface area contributed by atoms with Crippen molar-refractivity contribution in [1.29, 1.82) is 0 Å². The number of aryl methyl sites for hydroxylation is 1. The minimum Gasteiger partial charge on any atom is -0.360 e. The van der Waals surface area contributed by atoms with Crippen molar-refractivity contribution in [1.82, 2.24) is 10.1 Å². The molecule has 0 unspecified atom stereocenters. The zero-order valence-electron chi connectivity index (χ0n) is 16.9. The Morgan fingerprint density at radius 3 is 2.56 bits per heavy atom. The maximum absolute atomic E-state index is 14.4. The number of hydrogen-bond donors (Lipinski definition) is 2. The third-order valence-corrected chi connectivity index (χ3v) is 5.59. The second-order valence-corrected chi connectivity index (χ2v) is 8.07. The van der Waals surface area contributed by atoms with E-state index in [1.165, 1.54) is 36.5 Å². The molecule has 162 valence electrons. The normalized spacial score (nSPS) is 10.8. The van der Waals surface area contributed by atoms with Gasteiger partial charge in [0, 0.05) is 23.6 Å². The lowest BCUT2D eigenvalue weighted by Gasteiger charge is -2.06. The van der Waals surface area contributed by atoms with Crippen LogP contribution in [0.4, 0.5) is 15.2 Å². The Kier molecular flexibility index (Phi) is 6.02. The van der Waals surface area contributed by atoms with E-state index in [0.717, 1.165) is 5.56 Å². The first kappa shape index (κ1) is 21.7. The van der Waals surface area contributed by atoms with Crippen LogP contribution < -0.4 is 10.6 Å². The first-order chi connectivity index (χ1) is 15.3. The summed E-state index contributed by atoms with van der Waals surface area (Å²) >= 11 is 7.37. The highest BCUT2D eigenvalue weighted by molar-refractivity contribution is 7.14. The fourth-order valence-corrected chi connectivity index (χ4v) is 4.05. The van der Waals surface area contributed by atoms with Gasteiger partial charge in [-0.2, -0.15) is 0 Å². The molecule has 0 bridgehead atoms. The zero-order valence-corrected chi connectivity index (χ0v) is 18.5. The molecule has 10 heteroatoms. The Labute approximate surface area is 191 Å². The van der Waals surface area contributed by atoms with Crippen LogP contribution >= 0.6 is 22.9 Å². The standard InChI is InChI=1S/C22H16ClFN4O3S/c1-11-18(20(28-31-11)19-15(23)4-3-5-16(19)24)21(30)27-22-26-17(10-32-22)13-6-8-14(9-7-13)25-12(2)29/h3-10H,1-2H3,(H,25,29)(H,26,27,30). The summed E-state index contributed by atoms with van der Waals surface area (Å²) in [6.45, 7) is 3.00. The molecule has 0 aliphatic heterocycles. The van der Waals surface area contributed by atoms with Gasteiger partial charge in [0.1, 0.15) is 22.8 Å². The van der Waals surface area contributed by atoms with Crippen LogP contribution in [0.1, 0.15) is 23.0 Å². The summed E-state index contributed by atoms with van der Waals surface area (Å²) in [4.78, 5) is 28.5. The molecule has 0 saturated heterocycles. The van der Waals surface area contributed by atoms with Crippen LogP contribution in [0.2, 0.25) is 5.02 Å². The van der Waals surface area contributed by atoms with Gasteiger partial charge < -0.3 is 9.84 Å². The average Bonchev–Trinajstić information content (AvgIpc) is 3.35. The fraction of sp³-hybridized carbons (Fsp3) is 0.0909. The first-order valence-electron chi connectivity index (χ1n) is 9.39. The highest BCUT2D eigenvalue weighted by Gasteiger charge is 2.26. The number of anilines is 2. The van der Waals surface area contributed by atoms with Gasteiger partial charge in [-0.25, -0.2) is 9.37 Å². The molecule has 4 aromatic rings. The molecule has 0 atom stereocenters. The van der Waals surface area contributed by atoms with Crippen LogP contribution in [0.3, 0.4) is 0 Å². The Morgan fingerprint density at radius 1 is 1.12 bits per heavy atom. The van der Waals surface area contributed by atoms with E-state index in [0.29, 0.717) is 16.5 Å². The summed E-state index contributed by atoms with van der Waals surface area (Å²) in [5, 5.41) is 11.5. The Balaban J connectivity index is 1.57. The third-order valence-electron chi connectivity index (χ3n) is 4.52. The SMILES string of the molecule is CC(=O)Nc1ccc(-c2csc(NC(=O)c3c(-c4c(F)cccc4Cl)noc3C)n2)cc1. The van der Waals surface area contributed by atoms with Gasteiger partial charge in [-0.05, 0) is 31.2 Å². The van der Waals surface area contributed by atoms with E-state index in [-0.39, 0.29) is 33.5 Å². The van der Waals surface area contributed by atoms with Crippen molar-refractivity contribution in [3.05, 3.63) is 70.0 Å². The van der Waals surface area contributed by atoms with Crippen LogP contribution in [0.15, 0.2) is 52.4 Å². The van der Waals surface area contributed by atoms with Crippen molar-refractivity contribution >= 4 is 45.6 Å². The first-order valence-corrected chi connectivity index (χ1v) is 10.6. The van der Waals surface area contributed by atoms with Crippen LogP contribution in [0.25, 0.3) is 22.5 Å². The maximum atomic E-state index is 14.4. The Bertz CT molecular complexity index is 1300. The molecule has 32 heavy (non-hydrogen) atoms. The third kappa shape index (κ3) is 4.39. The molecule has 0 spiro atoms. The van der Waals surface area contributed by atoms with Gasteiger partial charge in [0.05, 0.1) is 16.3 Å². The number of thiazole rings is 1. The number of aromatic nitrogens is 2. The lowest BCUT2D eigenvalue weighted by Crippen LogP contribution is -2.13. The fourth-order valence-electron chi connectivity index (χ4n) is 3.09. The monoisotopic (exact) mass is 470 g/mol. The molecule has 0 aliphatic rings. The highest BCUT2D eigenvalue weighted by atomic mass is 35.5. The average molecular weight is 471 g/mol. The quantitative estimate of drug-likeness (QED) is 0.385. The number of halogens is 2. The van der Waals surface area contributed by atoms with E-state index in [1.807, 2.05) is 12.1 Å². The van der Waals surface area contributed by atoms with E-state index in [9.17, 15) is 14.0 Å². The summed E-state index contributed by atoms with van der Waals surface area (Å²) in [6.07, 6.45) is 0. The molecule has 0 radical (unpaired) electrons. The molecular formula is C22H16ClFN4O3S. The largest absolute Gasteiger partial charge is 0.360 e.